The van der Waals surface area contributed by atoms with Gasteiger partial charge in [0.1, 0.15) is 18.1 Å². The quantitative estimate of drug-likeness (QED) is 0.0593. The van der Waals surface area contributed by atoms with Gasteiger partial charge in [-0.3, -0.25) is 33.6 Å². The number of ketones is 1. The van der Waals surface area contributed by atoms with Crippen molar-refractivity contribution < 1.29 is 38.7 Å². The minimum atomic E-state index is -1.01. The molecule has 0 radical (unpaired) electrons. The van der Waals surface area contributed by atoms with Crippen LogP contribution in [0, 0.1) is 11.8 Å². The number of aliphatic carboxylic acids is 1. The van der Waals surface area contributed by atoms with Gasteiger partial charge >= 0.3 is 5.97 Å². The first-order valence-corrected chi connectivity index (χ1v) is 17.4. The summed E-state index contributed by atoms with van der Waals surface area (Å²) in [5.74, 6) is -2.75. The molecule has 0 rings (SSSR count). The second kappa shape index (κ2) is 23.7. The van der Waals surface area contributed by atoms with Gasteiger partial charge in [0, 0.05) is 39.9 Å². The van der Waals surface area contributed by atoms with E-state index in [1.807, 2.05) is 34.6 Å². The van der Waals surface area contributed by atoms with E-state index in [0.717, 1.165) is 0 Å². The van der Waals surface area contributed by atoms with Crippen molar-refractivity contribution >= 4 is 41.3 Å². The summed E-state index contributed by atoms with van der Waals surface area (Å²) in [6.07, 6.45) is 2.12. The van der Waals surface area contributed by atoms with Gasteiger partial charge in [0.2, 0.25) is 29.5 Å². The van der Waals surface area contributed by atoms with Crippen molar-refractivity contribution in [1.29, 1.82) is 0 Å². The van der Waals surface area contributed by atoms with Crippen molar-refractivity contribution in [2.24, 2.45) is 11.8 Å². The summed E-state index contributed by atoms with van der Waals surface area (Å²) in [5, 5.41) is 29.0. The number of carbonyl (C=O) groups excluding carboxylic acids is 6. The van der Waals surface area contributed by atoms with Crippen LogP contribution in [0.5, 0.6) is 0 Å². The number of hydrogen-bond acceptors (Lipinski definition) is 9. The van der Waals surface area contributed by atoms with E-state index < -0.39 is 47.5 Å². The molecule has 0 bridgehead atoms. The van der Waals surface area contributed by atoms with Crippen molar-refractivity contribution in [3.63, 3.8) is 0 Å². The van der Waals surface area contributed by atoms with Crippen LogP contribution in [-0.2, 0) is 33.6 Å². The Morgan fingerprint density at radius 2 is 1.14 bits per heavy atom. The second-order valence-electron chi connectivity index (χ2n) is 13.9. The van der Waals surface area contributed by atoms with Crippen molar-refractivity contribution in [2.45, 2.75) is 137 Å². The predicted molar refractivity (Wildman–Crippen MR) is 187 cm³/mol. The first-order valence-electron chi connectivity index (χ1n) is 17.4. The van der Waals surface area contributed by atoms with Crippen molar-refractivity contribution in [3.05, 3.63) is 0 Å². The molecule has 0 aromatic heterocycles. The van der Waals surface area contributed by atoms with E-state index in [9.17, 15) is 33.6 Å². The molecule has 0 spiro atoms. The molecule has 8 N–H and O–H groups in total. The predicted octanol–water partition coefficient (Wildman–Crippen LogP) is 0.756. The average Bonchev–Trinajstić information content (AvgIpc) is 2.98. The molecule has 0 aliphatic heterocycles. The van der Waals surface area contributed by atoms with Crippen LogP contribution >= 0.6 is 0 Å². The van der Waals surface area contributed by atoms with Gasteiger partial charge in [-0.1, -0.05) is 34.6 Å². The van der Waals surface area contributed by atoms with E-state index in [-0.39, 0.29) is 67.7 Å². The highest BCUT2D eigenvalue weighted by atomic mass is 16.4. The van der Waals surface area contributed by atoms with E-state index in [0.29, 0.717) is 38.8 Å². The normalized spacial score (nSPS) is 13.9. The zero-order chi connectivity index (χ0) is 37.7. The van der Waals surface area contributed by atoms with Crippen LogP contribution in [0.3, 0.4) is 0 Å². The lowest BCUT2D eigenvalue weighted by atomic mass is 9.90. The van der Waals surface area contributed by atoms with Crippen LogP contribution in [-0.4, -0.2) is 102 Å². The summed E-state index contributed by atoms with van der Waals surface area (Å²) < 4.78 is 0. The summed E-state index contributed by atoms with van der Waals surface area (Å²) in [7, 11) is 0. The van der Waals surface area contributed by atoms with Gasteiger partial charge in [-0.2, -0.15) is 0 Å². The molecule has 0 aliphatic rings. The number of likely N-dealkylation sites (N-methyl/N-ethyl adjacent to an activating group) is 1. The second-order valence-corrected chi connectivity index (χ2v) is 13.9. The molecule has 0 saturated carbocycles. The Morgan fingerprint density at radius 1 is 0.633 bits per heavy atom. The van der Waals surface area contributed by atoms with Gasteiger partial charge in [0.05, 0.1) is 11.6 Å². The van der Waals surface area contributed by atoms with Crippen LogP contribution in [0.25, 0.3) is 0 Å². The minimum absolute atomic E-state index is 0.101. The molecule has 4 atom stereocenters. The van der Waals surface area contributed by atoms with E-state index in [2.05, 4.69) is 37.2 Å². The average molecular weight is 698 g/mol. The molecule has 0 aromatic carbocycles. The van der Waals surface area contributed by atoms with Crippen LogP contribution in [0.1, 0.15) is 107 Å². The van der Waals surface area contributed by atoms with Gasteiger partial charge < -0.3 is 42.3 Å². The number of nitrogens with one attached hydrogen (secondary N) is 7. The first kappa shape index (κ1) is 45.4. The van der Waals surface area contributed by atoms with Crippen molar-refractivity contribution in [3.8, 4) is 0 Å². The summed E-state index contributed by atoms with van der Waals surface area (Å²) >= 11 is 0. The number of unbranched alkanes of at least 4 members (excludes halogenated alkanes) is 1. The van der Waals surface area contributed by atoms with Gasteiger partial charge in [0.15, 0.2) is 5.78 Å². The monoisotopic (exact) mass is 697 g/mol. The summed E-state index contributed by atoms with van der Waals surface area (Å²) in [6.45, 7) is 16.8. The first-order chi connectivity index (χ1) is 22.8. The number of amides is 5. The number of rotatable bonds is 26. The Hall–Kier alpha value is -3.59. The largest absolute Gasteiger partial charge is 0.481 e. The van der Waals surface area contributed by atoms with E-state index in [1.165, 1.54) is 13.8 Å². The fraction of sp³-hybridized carbons (Fsp3) is 0.794. The Kier molecular flexibility index (Phi) is 22.0. The molecule has 0 aliphatic carbocycles. The van der Waals surface area contributed by atoms with Crippen LogP contribution in [0.2, 0.25) is 0 Å². The fourth-order valence-electron chi connectivity index (χ4n) is 5.29. The number of Topliss-reactive ketones (excluding diaryl/α,β-unsaturated/α-hetero) is 1. The fourth-order valence-corrected chi connectivity index (χ4v) is 5.29. The smallest absolute Gasteiger partial charge is 0.303 e. The number of hydrogen-bond donors (Lipinski definition) is 8. The van der Waals surface area contributed by atoms with Gasteiger partial charge in [-0.25, -0.2) is 0 Å². The number of carboxylic acids is 1. The highest BCUT2D eigenvalue weighted by Crippen LogP contribution is 2.12. The topological polar surface area (TPSA) is 224 Å². The molecule has 0 aromatic rings. The molecule has 4 unspecified atom stereocenters. The highest BCUT2D eigenvalue weighted by Gasteiger charge is 2.33. The Morgan fingerprint density at radius 3 is 1.63 bits per heavy atom. The lowest BCUT2D eigenvalue weighted by Crippen LogP contribution is -2.57. The third kappa shape index (κ3) is 20.5. The van der Waals surface area contributed by atoms with Gasteiger partial charge in [0.25, 0.3) is 0 Å². The number of carbonyl (C=O) groups is 7. The lowest BCUT2D eigenvalue weighted by Gasteiger charge is -2.30. The summed E-state index contributed by atoms with van der Waals surface area (Å²) in [4.78, 5) is 86.8. The minimum Gasteiger partial charge on any atom is -0.481 e. The third-order valence-corrected chi connectivity index (χ3v) is 7.68. The Bertz CT molecular complexity index is 1100. The lowest BCUT2D eigenvalue weighted by molar-refractivity contribution is -0.137. The Labute approximate surface area is 292 Å². The van der Waals surface area contributed by atoms with E-state index in [4.69, 9.17) is 5.11 Å². The maximum atomic E-state index is 13.3. The SMILES string of the molecule is CCNC(CCC(=O)O)C(=O)C(C)(C)NCCNC(=O)C(CCCCNC(=O)C(CC(C)C)NC(C)=O)NC(=O)C(CC(C)C)NC(C)=O. The molecule has 15 nitrogen and oxygen atoms in total. The third-order valence-electron chi connectivity index (χ3n) is 7.68. The molecule has 5 amide bonds. The molecular weight excluding hydrogens is 634 g/mol. The molecule has 15 heteroatoms. The van der Waals surface area contributed by atoms with Crippen LogP contribution < -0.4 is 37.2 Å². The maximum Gasteiger partial charge on any atom is 0.303 e. The molecular formula is C34H63N7O8. The summed E-state index contributed by atoms with van der Waals surface area (Å²) in [6, 6.07) is -3.03. The van der Waals surface area contributed by atoms with E-state index in [1.54, 1.807) is 13.8 Å². The zero-order valence-corrected chi connectivity index (χ0v) is 31.0. The molecule has 0 fully saturated rings. The maximum absolute atomic E-state index is 13.3. The molecule has 0 heterocycles. The van der Waals surface area contributed by atoms with Crippen LogP contribution in [0.4, 0.5) is 0 Å². The van der Waals surface area contributed by atoms with Crippen molar-refractivity contribution in [2.75, 3.05) is 26.2 Å². The molecule has 49 heavy (non-hydrogen) atoms. The Balaban J connectivity index is 5.44. The van der Waals surface area contributed by atoms with E-state index >= 15 is 0 Å². The van der Waals surface area contributed by atoms with Crippen molar-refractivity contribution in [1.82, 2.24) is 37.2 Å². The van der Waals surface area contributed by atoms with Gasteiger partial charge in [-0.05, 0) is 70.8 Å². The molecule has 282 valence electrons. The zero-order valence-electron chi connectivity index (χ0n) is 31.0. The van der Waals surface area contributed by atoms with Gasteiger partial charge in [-0.15, -0.1) is 0 Å². The van der Waals surface area contributed by atoms with Crippen LogP contribution in [0.15, 0.2) is 0 Å². The number of carboxylic acid groups (broad SMARTS) is 1. The highest BCUT2D eigenvalue weighted by molar-refractivity contribution is 5.93. The molecule has 0 saturated heterocycles. The standard InChI is InChI=1S/C34H63N7O8/c1-10-35-25(14-15-29(44)45)30(46)34(8,9)38-18-17-37-31(47)26(41-33(49)28(20-22(4)5)40-24(7)43)13-11-12-16-36-32(48)27(19-21(2)3)39-23(6)42/h21-22,25-28,35,38H,10-20H2,1-9H3,(H,36,48)(H,37,47)(H,39,42)(H,40,43)(H,41,49)(H,44,45). The summed E-state index contributed by atoms with van der Waals surface area (Å²) in [5.41, 5.74) is -1.01.